The Morgan fingerprint density at radius 1 is 1.36 bits per heavy atom. The maximum absolute atomic E-state index is 11.9. The van der Waals surface area contributed by atoms with Gasteiger partial charge in [-0.25, -0.2) is 0 Å². The number of hydrogen-bond donors (Lipinski definition) is 2. The van der Waals surface area contributed by atoms with Crippen LogP contribution >= 0.6 is 0 Å². The summed E-state index contributed by atoms with van der Waals surface area (Å²) in [6.45, 7) is 6.31. The first-order valence-corrected chi connectivity index (χ1v) is 7.56. The molecule has 0 atom stereocenters. The predicted octanol–water partition coefficient (Wildman–Crippen LogP) is 0.202. The minimum absolute atomic E-state index is 0.138. The Bertz CT molecular complexity index is 464. The van der Waals surface area contributed by atoms with Gasteiger partial charge in [0.2, 0.25) is 0 Å². The second-order valence-corrected chi connectivity index (χ2v) is 5.09. The molecular formula is C15H24N4O3. The van der Waals surface area contributed by atoms with Crippen LogP contribution in [0.2, 0.25) is 0 Å². The van der Waals surface area contributed by atoms with Crippen LogP contribution in [0.15, 0.2) is 18.5 Å². The molecule has 0 spiro atoms. The van der Waals surface area contributed by atoms with Crippen molar-refractivity contribution >= 4 is 11.6 Å². The van der Waals surface area contributed by atoms with Gasteiger partial charge >= 0.3 is 0 Å². The molecule has 1 saturated heterocycles. The van der Waals surface area contributed by atoms with E-state index in [9.17, 15) is 4.79 Å². The Labute approximate surface area is 131 Å². The van der Waals surface area contributed by atoms with Crippen LogP contribution < -0.4 is 10.6 Å². The monoisotopic (exact) mass is 308 g/mol. The van der Waals surface area contributed by atoms with Crippen LogP contribution in [0.25, 0.3) is 0 Å². The number of nitrogens with zero attached hydrogens (tertiary/aromatic N) is 2. The number of ether oxygens (including phenoxy) is 2. The molecule has 1 aliphatic heterocycles. The highest BCUT2D eigenvalue weighted by atomic mass is 16.5. The molecule has 1 aromatic heterocycles. The van der Waals surface area contributed by atoms with Crippen molar-refractivity contribution < 1.29 is 14.3 Å². The number of morpholine rings is 1. The smallest absolute Gasteiger partial charge is 0.253 e. The quantitative estimate of drug-likeness (QED) is 0.668. The number of carbonyl (C=O) groups is 1. The van der Waals surface area contributed by atoms with Gasteiger partial charge in [0, 0.05) is 52.2 Å². The van der Waals surface area contributed by atoms with Gasteiger partial charge in [-0.2, -0.15) is 0 Å². The van der Waals surface area contributed by atoms with E-state index in [0.29, 0.717) is 18.7 Å². The fourth-order valence-corrected chi connectivity index (χ4v) is 2.21. The van der Waals surface area contributed by atoms with Crippen molar-refractivity contribution in [1.29, 1.82) is 0 Å². The minimum Gasteiger partial charge on any atom is -0.383 e. The lowest BCUT2D eigenvalue weighted by atomic mass is 10.2. The van der Waals surface area contributed by atoms with Crippen molar-refractivity contribution in [3.63, 3.8) is 0 Å². The van der Waals surface area contributed by atoms with Crippen LogP contribution in [-0.2, 0) is 9.47 Å². The molecule has 0 bridgehead atoms. The summed E-state index contributed by atoms with van der Waals surface area (Å²) < 4.78 is 10.2. The highest BCUT2D eigenvalue weighted by Gasteiger charge is 2.10. The maximum atomic E-state index is 11.9. The van der Waals surface area contributed by atoms with Crippen molar-refractivity contribution in [1.82, 2.24) is 15.2 Å². The summed E-state index contributed by atoms with van der Waals surface area (Å²) in [4.78, 5) is 18.4. The molecule has 1 amide bonds. The van der Waals surface area contributed by atoms with Crippen LogP contribution in [-0.4, -0.2) is 75.4 Å². The molecule has 0 aromatic carbocycles. The van der Waals surface area contributed by atoms with Crippen LogP contribution in [0, 0.1) is 0 Å². The Kier molecular flexibility index (Phi) is 7.08. The summed E-state index contributed by atoms with van der Waals surface area (Å²) in [5.74, 6) is -0.138. The van der Waals surface area contributed by atoms with Crippen molar-refractivity contribution in [2.45, 2.75) is 0 Å². The third-order valence-corrected chi connectivity index (χ3v) is 3.45. The normalized spacial score (nSPS) is 15.5. The maximum Gasteiger partial charge on any atom is 0.253 e. The van der Waals surface area contributed by atoms with E-state index < -0.39 is 0 Å². The molecule has 1 aromatic rings. The molecule has 1 fully saturated rings. The average Bonchev–Trinajstić information content (AvgIpc) is 2.56. The zero-order chi connectivity index (χ0) is 15.6. The van der Waals surface area contributed by atoms with Crippen molar-refractivity contribution in [3.05, 3.63) is 24.0 Å². The second kappa shape index (κ2) is 9.34. The highest BCUT2D eigenvalue weighted by Crippen LogP contribution is 2.08. The molecule has 2 N–H and O–H groups in total. The number of nitrogens with one attached hydrogen (secondary N) is 2. The molecule has 2 heterocycles. The number of anilines is 1. The largest absolute Gasteiger partial charge is 0.383 e. The van der Waals surface area contributed by atoms with Gasteiger partial charge in [0.1, 0.15) is 0 Å². The number of carbonyl (C=O) groups excluding carboxylic acids is 1. The molecule has 22 heavy (non-hydrogen) atoms. The van der Waals surface area contributed by atoms with Gasteiger partial charge < -0.3 is 20.1 Å². The highest BCUT2D eigenvalue weighted by molar-refractivity contribution is 5.94. The standard InChI is InChI=1S/C15H24N4O3/c1-21-7-3-18-15(20)13-10-14(12-16-11-13)17-2-4-19-5-8-22-9-6-19/h10-12,17H,2-9H2,1H3,(H,18,20). The zero-order valence-corrected chi connectivity index (χ0v) is 13.0. The number of amides is 1. The number of aromatic nitrogens is 1. The number of rotatable bonds is 8. The summed E-state index contributed by atoms with van der Waals surface area (Å²) in [7, 11) is 1.60. The van der Waals surface area contributed by atoms with Gasteiger partial charge in [0.15, 0.2) is 0 Å². The zero-order valence-electron chi connectivity index (χ0n) is 13.0. The Morgan fingerprint density at radius 3 is 2.95 bits per heavy atom. The summed E-state index contributed by atoms with van der Waals surface area (Å²) in [6, 6.07) is 1.81. The van der Waals surface area contributed by atoms with E-state index in [1.807, 2.05) is 6.07 Å². The van der Waals surface area contributed by atoms with Gasteiger partial charge in [-0.15, -0.1) is 0 Å². The third kappa shape index (κ3) is 5.59. The molecule has 1 aliphatic rings. The third-order valence-electron chi connectivity index (χ3n) is 3.45. The van der Waals surface area contributed by atoms with Crippen LogP contribution in [0.3, 0.4) is 0 Å². The summed E-state index contributed by atoms with van der Waals surface area (Å²) in [5, 5.41) is 6.09. The topological polar surface area (TPSA) is 75.7 Å². The van der Waals surface area contributed by atoms with Gasteiger partial charge in [-0.05, 0) is 6.07 Å². The van der Waals surface area contributed by atoms with Gasteiger partial charge in [0.05, 0.1) is 31.1 Å². The Morgan fingerprint density at radius 2 is 2.18 bits per heavy atom. The lowest BCUT2D eigenvalue weighted by molar-refractivity contribution is 0.0398. The first kappa shape index (κ1) is 16.7. The summed E-state index contributed by atoms with van der Waals surface area (Å²) in [6.07, 6.45) is 3.29. The van der Waals surface area contributed by atoms with Crippen molar-refractivity contribution in [2.24, 2.45) is 0 Å². The molecule has 7 heteroatoms. The van der Waals surface area contributed by atoms with Crippen LogP contribution in [0.5, 0.6) is 0 Å². The van der Waals surface area contributed by atoms with Crippen molar-refractivity contribution in [2.75, 3.05) is 65.0 Å². The van der Waals surface area contributed by atoms with E-state index in [0.717, 1.165) is 45.1 Å². The van der Waals surface area contributed by atoms with Crippen LogP contribution in [0.4, 0.5) is 5.69 Å². The molecule has 0 unspecified atom stereocenters. The summed E-state index contributed by atoms with van der Waals surface area (Å²) in [5.41, 5.74) is 1.40. The lowest BCUT2D eigenvalue weighted by Crippen LogP contribution is -2.39. The fraction of sp³-hybridized carbons (Fsp3) is 0.600. The molecule has 7 nitrogen and oxygen atoms in total. The Balaban J connectivity index is 1.76. The van der Waals surface area contributed by atoms with E-state index in [4.69, 9.17) is 9.47 Å². The molecule has 122 valence electrons. The van der Waals surface area contributed by atoms with Crippen molar-refractivity contribution in [3.8, 4) is 0 Å². The minimum atomic E-state index is -0.138. The first-order chi connectivity index (χ1) is 10.8. The van der Waals surface area contributed by atoms with Gasteiger partial charge in [-0.3, -0.25) is 14.7 Å². The molecule has 0 saturated carbocycles. The van der Waals surface area contributed by atoms with E-state index in [1.165, 1.54) is 0 Å². The van der Waals surface area contributed by atoms with E-state index in [1.54, 1.807) is 19.5 Å². The van der Waals surface area contributed by atoms with E-state index in [-0.39, 0.29) is 5.91 Å². The lowest BCUT2D eigenvalue weighted by Gasteiger charge is -2.26. The van der Waals surface area contributed by atoms with Gasteiger partial charge in [0.25, 0.3) is 5.91 Å². The molecule has 0 radical (unpaired) electrons. The van der Waals surface area contributed by atoms with E-state index >= 15 is 0 Å². The average molecular weight is 308 g/mol. The fourth-order valence-electron chi connectivity index (χ4n) is 2.21. The SMILES string of the molecule is COCCNC(=O)c1cncc(NCCN2CCOCC2)c1. The first-order valence-electron chi connectivity index (χ1n) is 7.56. The molecule has 2 rings (SSSR count). The molecular weight excluding hydrogens is 284 g/mol. The second-order valence-electron chi connectivity index (χ2n) is 5.09. The summed E-state index contributed by atoms with van der Waals surface area (Å²) >= 11 is 0. The number of pyridine rings is 1. The van der Waals surface area contributed by atoms with E-state index in [2.05, 4.69) is 20.5 Å². The molecule has 0 aliphatic carbocycles. The number of hydrogen-bond acceptors (Lipinski definition) is 6. The van der Waals surface area contributed by atoms with Crippen LogP contribution in [0.1, 0.15) is 10.4 Å². The number of methoxy groups -OCH3 is 1. The predicted molar refractivity (Wildman–Crippen MR) is 84.2 cm³/mol. The van der Waals surface area contributed by atoms with Gasteiger partial charge in [-0.1, -0.05) is 0 Å². The Hall–Kier alpha value is -1.70.